The van der Waals surface area contributed by atoms with Crippen LogP contribution in [0.25, 0.3) is 0 Å². The summed E-state index contributed by atoms with van der Waals surface area (Å²) in [7, 11) is 0. The summed E-state index contributed by atoms with van der Waals surface area (Å²) in [6, 6.07) is 6.72. The molecular formula is C15H25NS. The van der Waals surface area contributed by atoms with Crippen molar-refractivity contribution >= 4 is 11.8 Å². The minimum absolute atomic E-state index is 0.801. The van der Waals surface area contributed by atoms with Gasteiger partial charge in [-0.2, -0.15) is 0 Å². The zero-order valence-electron chi connectivity index (χ0n) is 11.5. The van der Waals surface area contributed by atoms with Gasteiger partial charge in [-0.1, -0.05) is 19.9 Å². The zero-order chi connectivity index (χ0) is 12.7. The first-order valence-electron chi connectivity index (χ1n) is 6.50. The molecule has 2 heteroatoms. The van der Waals surface area contributed by atoms with E-state index >= 15 is 0 Å². The second-order valence-electron chi connectivity index (χ2n) is 5.03. The van der Waals surface area contributed by atoms with Crippen LogP contribution in [0.1, 0.15) is 31.4 Å². The molecule has 17 heavy (non-hydrogen) atoms. The van der Waals surface area contributed by atoms with E-state index in [-0.39, 0.29) is 0 Å². The maximum atomic E-state index is 3.49. The Bertz CT molecular complexity index is 334. The van der Waals surface area contributed by atoms with Crippen LogP contribution in [0, 0.1) is 19.8 Å². The van der Waals surface area contributed by atoms with Crippen molar-refractivity contribution in [1.29, 1.82) is 0 Å². The number of thioether (sulfide) groups is 1. The molecule has 0 fully saturated rings. The molecule has 0 aromatic heterocycles. The number of hydrogen-bond donors (Lipinski definition) is 1. The number of nitrogens with one attached hydrogen (secondary N) is 1. The molecule has 1 rings (SSSR count). The van der Waals surface area contributed by atoms with Crippen LogP contribution in [0.3, 0.4) is 0 Å². The molecule has 96 valence electrons. The van der Waals surface area contributed by atoms with Gasteiger partial charge in [0.2, 0.25) is 0 Å². The van der Waals surface area contributed by atoms with Crippen LogP contribution in [0.5, 0.6) is 0 Å². The fourth-order valence-electron chi connectivity index (χ4n) is 1.56. The topological polar surface area (TPSA) is 12.0 Å². The fourth-order valence-corrected chi connectivity index (χ4v) is 2.47. The fraction of sp³-hybridized carbons (Fsp3) is 0.600. The number of benzene rings is 1. The van der Waals surface area contributed by atoms with E-state index in [1.807, 2.05) is 11.8 Å². The lowest BCUT2D eigenvalue weighted by Gasteiger charge is -2.07. The molecule has 0 atom stereocenters. The molecule has 0 spiro atoms. The average molecular weight is 251 g/mol. The number of rotatable bonds is 7. The molecule has 0 saturated carbocycles. The summed E-state index contributed by atoms with van der Waals surface area (Å²) < 4.78 is 0. The maximum Gasteiger partial charge on any atom is 0.0106 e. The molecule has 0 unspecified atom stereocenters. The highest BCUT2D eigenvalue weighted by molar-refractivity contribution is 7.99. The van der Waals surface area contributed by atoms with E-state index in [1.54, 1.807) is 0 Å². The van der Waals surface area contributed by atoms with Crippen LogP contribution in [-0.4, -0.2) is 18.8 Å². The van der Waals surface area contributed by atoms with Gasteiger partial charge in [-0.05, 0) is 56.0 Å². The zero-order valence-corrected chi connectivity index (χ0v) is 12.4. The highest BCUT2D eigenvalue weighted by Gasteiger charge is 1.97. The Morgan fingerprint density at radius 2 is 1.88 bits per heavy atom. The summed E-state index contributed by atoms with van der Waals surface area (Å²) in [6.07, 6.45) is 1.27. The monoisotopic (exact) mass is 251 g/mol. The van der Waals surface area contributed by atoms with Crippen LogP contribution in [0.15, 0.2) is 23.1 Å². The van der Waals surface area contributed by atoms with Crippen molar-refractivity contribution in [2.45, 2.75) is 39.0 Å². The van der Waals surface area contributed by atoms with Crippen molar-refractivity contribution in [2.75, 3.05) is 18.8 Å². The van der Waals surface area contributed by atoms with Gasteiger partial charge in [-0.15, -0.1) is 11.8 Å². The van der Waals surface area contributed by atoms with Crippen LogP contribution in [0.4, 0.5) is 0 Å². The molecule has 0 amide bonds. The highest BCUT2D eigenvalue weighted by atomic mass is 32.2. The molecule has 0 aliphatic heterocycles. The normalized spacial score (nSPS) is 11.1. The van der Waals surface area contributed by atoms with E-state index in [9.17, 15) is 0 Å². The molecule has 0 bridgehead atoms. The van der Waals surface area contributed by atoms with E-state index in [0.29, 0.717) is 0 Å². The van der Waals surface area contributed by atoms with Crippen molar-refractivity contribution in [2.24, 2.45) is 5.92 Å². The molecule has 1 nitrogen and oxygen atoms in total. The standard InChI is InChI=1S/C15H25NS/c1-12(2)7-8-16-9-10-17-15-6-5-13(3)14(4)11-15/h5-6,11-12,16H,7-10H2,1-4H3. The molecule has 0 aliphatic carbocycles. The van der Waals surface area contributed by atoms with Gasteiger partial charge in [-0.3, -0.25) is 0 Å². The third kappa shape index (κ3) is 6.13. The number of hydrogen-bond acceptors (Lipinski definition) is 2. The van der Waals surface area contributed by atoms with E-state index < -0.39 is 0 Å². The molecule has 1 N–H and O–H groups in total. The first kappa shape index (κ1) is 14.6. The van der Waals surface area contributed by atoms with Crippen LogP contribution in [-0.2, 0) is 0 Å². The number of aryl methyl sites for hydroxylation is 2. The summed E-state index contributed by atoms with van der Waals surface area (Å²) in [4.78, 5) is 1.39. The lowest BCUT2D eigenvalue weighted by atomic mass is 10.1. The van der Waals surface area contributed by atoms with Crippen molar-refractivity contribution in [3.05, 3.63) is 29.3 Å². The van der Waals surface area contributed by atoms with E-state index in [1.165, 1.54) is 22.4 Å². The average Bonchev–Trinajstić information content (AvgIpc) is 2.27. The lowest BCUT2D eigenvalue weighted by Crippen LogP contribution is -2.19. The van der Waals surface area contributed by atoms with Gasteiger partial charge < -0.3 is 5.32 Å². The van der Waals surface area contributed by atoms with Crippen molar-refractivity contribution < 1.29 is 0 Å². The van der Waals surface area contributed by atoms with Gasteiger partial charge >= 0.3 is 0 Å². The molecule has 1 aromatic rings. The third-order valence-electron chi connectivity index (χ3n) is 2.92. The van der Waals surface area contributed by atoms with Gasteiger partial charge in [0.25, 0.3) is 0 Å². The minimum Gasteiger partial charge on any atom is -0.316 e. The van der Waals surface area contributed by atoms with Crippen molar-refractivity contribution in [3.63, 3.8) is 0 Å². The molecule has 0 radical (unpaired) electrons. The first-order chi connectivity index (χ1) is 8.09. The molecule has 1 aromatic carbocycles. The highest BCUT2D eigenvalue weighted by Crippen LogP contribution is 2.20. The Hall–Kier alpha value is -0.470. The van der Waals surface area contributed by atoms with Gasteiger partial charge in [-0.25, -0.2) is 0 Å². The smallest absolute Gasteiger partial charge is 0.0106 e. The SMILES string of the molecule is Cc1ccc(SCCNCCC(C)C)cc1C. The summed E-state index contributed by atoms with van der Waals surface area (Å²) in [6.45, 7) is 11.1. The summed E-state index contributed by atoms with van der Waals surface area (Å²) in [5.74, 6) is 1.95. The van der Waals surface area contributed by atoms with Gasteiger partial charge in [0.15, 0.2) is 0 Å². The van der Waals surface area contributed by atoms with E-state index in [0.717, 1.165) is 24.8 Å². The van der Waals surface area contributed by atoms with Crippen LogP contribution >= 0.6 is 11.8 Å². The maximum absolute atomic E-state index is 3.49. The molecule has 0 saturated heterocycles. The lowest BCUT2D eigenvalue weighted by molar-refractivity contribution is 0.547. The first-order valence-corrected chi connectivity index (χ1v) is 7.49. The van der Waals surface area contributed by atoms with Crippen molar-refractivity contribution in [1.82, 2.24) is 5.32 Å². The Kier molecular flexibility index (Phi) is 6.68. The predicted octanol–water partition coefficient (Wildman–Crippen LogP) is 4.03. The Labute approximate surface area is 110 Å². The summed E-state index contributed by atoms with van der Waals surface area (Å²) in [5, 5.41) is 3.49. The van der Waals surface area contributed by atoms with E-state index in [4.69, 9.17) is 0 Å². The largest absolute Gasteiger partial charge is 0.316 e. The second-order valence-corrected chi connectivity index (χ2v) is 6.20. The summed E-state index contributed by atoms with van der Waals surface area (Å²) >= 11 is 1.94. The van der Waals surface area contributed by atoms with Crippen molar-refractivity contribution in [3.8, 4) is 0 Å². The van der Waals surface area contributed by atoms with E-state index in [2.05, 4.69) is 51.2 Å². The van der Waals surface area contributed by atoms with Gasteiger partial charge in [0, 0.05) is 17.2 Å². The van der Waals surface area contributed by atoms with Crippen LogP contribution in [0.2, 0.25) is 0 Å². The Morgan fingerprint density at radius 1 is 1.12 bits per heavy atom. The van der Waals surface area contributed by atoms with Gasteiger partial charge in [0.1, 0.15) is 0 Å². The Morgan fingerprint density at radius 3 is 2.53 bits per heavy atom. The minimum atomic E-state index is 0.801. The quantitative estimate of drug-likeness (QED) is 0.580. The second kappa shape index (κ2) is 7.78. The molecular weight excluding hydrogens is 226 g/mol. The Balaban J connectivity index is 2.16. The molecule has 0 heterocycles. The predicted molar refractivity (Wildman–Crippen MR) is 79.0 cm³/mol. The van der Waals surface area contributed by atoms with Crippen LogP contribution < -0.4 is 5.32 Å². The third-order valence-corrected chi connectivity index (χ3v) is 3.92. The summed E-state index contributed by atoms with van der Waals surface area (Å²) in [5.41, 5.74) is 2.77. The van der Waals surface area contributed by atoms with Gasteiger partial charge in [0.05, 0.1) is 0 Å². The molecule has 0 aliphatic rings.